The van der Waals surface area contributed by atoms with Crippen molar-refractivity contribution in [2.24, 2.45) is 0 Å². The van der Waals surface area contributed by atoms with Gasteiger partial charge in [-0.1, -0.05) is 18.2 Å². The van der Waals surface area contributed by atoms with E-state index in [0.29, 0.717) is 29.9 Å². The topological polar surface area (TPSA) is 63.2 Å². The fourth-order valence-corrected chi connectivity index (χ4v) is 2.62. The first-order valence-corrected chi connectivity index (χ1v) is 8.53. The van der Waals surface area contributed by atoms with Gasteiger partial charge in [-0.3, -0.25) is 9.78 Å². The lowest BCUT2D eigenvalue weighted by atomic mass is 10.1. The van der Waals surface area contributed by atoms with Crippen LogP contribution in [0, 0.1) is 5.82 Å². The molecule has 27 heavy (non-hydrogen) atoms. The van der Waals surface area contributed by atoms with Crippen molar-refractivity contribution in [3.63, 3.8) is 0 Å². The molecule has 0 spiro atoms. The fraction of sp³-hybridized carbons (Fsp3) is 0.143. The monoisotopic (exact) mass is 365 g/mol. The zero-order valence-electron chi connectivity index (χ0n) is 14.9. The van der Waals surface area contributed by atoms with Gasteiger partial charge in [0.2, 0.25) is 0 Å². The predicted molar refractivity (Wildman–Crippen MR) is 103 cm³/mol. The van der Waals surface area contributed by atoms with Crippen molar-refractivity contribution in [2.45, 2.75) is 6.42 Å². The molecular formula is C21H20FN3O2. The molecule has 3 rings (SSSR count). The van der Waals surface area contributed by atoms with Crippen LogP contribution in [0.5, 0.6) is 5.75 Å². The first-order chi connectivity index (χ1) is 13.1. The lowest BCUT2D eigenvalue weighted by Gasteiger charge is -2.09. The molecule has 5 nitrogen and oxygen atoms in total. The zero-order chi connectivity index (χ0) is 19.1. The highest BCUT2D eigenvalue weighted by atomic mass is 19.1. The molecule has 0 unspecified atom stereocenters. The minimum absolute atomic E-state index is 0.215. The molecule has 1 heterocycles. The largest absolute Gasteiger partial charge is 0.497 e. The van der Waals surface area contributed by atoms with E-state index in [1.165, 1.54) is 18.3 Å². The van der Waals surface area contributed by atoms with Crippen molar-refractivity contribution in [3.8, 4) is 5.75 Å². The molecule has 0 radical (unpaired) electrons. The van der Waals surface area contributed by atoms with E-state index in [4.69, 9.17) is 4.74 Å². The first-order valence-electron chi connectivity index (χ1n) is 8.53. The maximum Gasteiger partial charge on any atom is 0.252 e. The predicted octanol–water partition coefficient (Wildman–Crippen LogP) is 3.95. The highest BCUT2D eigenvalue weighted by Gasteiger charge is 2.07. The molecule has 0 bridgehead atoms. The molecule has 0 aliphatic heterocycles. The van der Waals surface area contributed by atoms with E-state index in [2.05, 4.69) is 15.6 Å². The van der Waals surface area contributed by atoms with E-state index in [1.54, 1.807) is 31.5 Å². The van der Waals surface area contributed by atoms with Crippen LogP contribution in [0.4, 0.5) is 15.8 Å². The highest BCUT2D eigenvalue weighted by molar-refractivity contribution is 5.94. The van der Waals surface area contributed by atoms with Gasteiger partial charge < -0.3 is 15.4 Å². The number of halogens is 1. The standard InChI is InChI=1S/C21H20FN3O2/c1-27-20-7-2-4-15(10-20)8-9-24-21(26)16-11-19(14-23-13-16)25-18-6-3-5-17(22)12-18/h2-7,10-14,25H,8-9H2,1H3,(H,24,26). The maximum atomic E-state index is 13.3. The Kier molecular flexibility index (Phi) is 5.99. The summed E-state index contributed by atoms with van der Waals surface area (Å²) in [5, 5.41) is 5.92. The summed E-state index contributed by atoms with van der Waals surface area (Å²) in [6, 6.07) is 15.5. The number of pyridine rings is 1. The Morgan fingerprint density at radius 2 is 1.93 bits per heavy atom. The van der Waals surface area contributed by atoms with E-state index >= 15 is 0 Å². The Bertz CT molecular complexity index is 931. The third kappa shape index (κ3) is 5.28. The van der Waals surface area contributed by atoms with Gasteiger partial charge in [-0.15, -0.1) is 0 Å². The second kappa shape index (κ2) is 8.80. The van der Waals surface area contributed by atoms with Gasteiger partial charge in [0.15, 0.2) is 0 Å². The van der Waals surface area contributed by atoms with Crippen LogP contribution in [0.3, 0.4) is 0 Å². The molecule has 0 aliphatic rings. The summed E-state index contributed by atoms with van der Waals surface area (Å²) >= 11 is 0. The number of aromatic nitrogens is 1. The van der Waals surface area contributed by atoms with Crippen molar-refractivity contribution in [3.05, 3.63) is 83.9 Å². The van der Waals surface area contributed by atoms with Crippen LogP contribution >= 0.6 is 0 Å². The van der Waals surface area contributed by atoms with E-state index in [1.807, 2.05) is 24.3 Å². The number of nitrogens with one attached hydrogen (secondary N) is 2. The molecule has 0 atom stereocenters. The molecule has 0 aliphatic carbocycles. The number of carbonyl (C=O) groups excluding carboxylic acids is 1. The van der Waals surface area contributed by atoms with Crippen molar-refractivity contribution in [2.75, 3.05) is 19.0 Å². The van der Waals surface area contributed by atoms with Gasteiger partial charge in [-0.25, -0.2) is 4.39 Å². The Morgan fingerprint density at radius 1 is 1.07 bits per heavy atom. The lowest BCUT2D eigenvalue weighted by Crippen LogP contribution is -2.25. The third-order valence-electron chi connectivity index (χ3n) is 3.95. The minimum atomic E-state index is -0.334. The van der Waals surface area contributed by atoms with Gasteiger partial charge in [0.25, 0.3) is 5.91 Å². The number of hydrogen-bond acceptors (Lipinski definition) is 4. The van der Waals surface area contributed by atoms with Gasteiger partial charge in [0.05, 0.1) is 24.6 Å². The molecule has 0 fully saturated rings. The fourth-order valence-electron chi connectivity index (χ4n) is 2.62. The quantitative estimate of drug-likeness (QED) is 0.666. The average Bonchev–Trinajstić information content (AvgIpc) is 2.68. The molecule has 138 valence electrons. The normalized spacial score (nSPS) is 10.3. The third-order valence-corrected chi connectivity index (χ3v) is 3.95. The summed E-state index contributed by atoms with van der Waals surface area (Å²) < 4.78 is 18.5. The molecular weight excluding hydrogens is 345 g/mol. The Balaban J connectivity index is 1.58. The molecule has 3 aromatic rings. The number of amides is 1. The smallest absolute Gasteiger partial charge is 0.252 e. The highest BCUT2D eigenvalue weighted by Crippen LogP contribution is 2.17. The molecule has 1 amide bonds. The number of methoxy groups -OCH3 is 1. The number of benzene rings is 2. The number of anilines is 2. The van der Waals surface area contributed by atoms with Gasteiger partial charge in [-0.2, -0.15) is 0 Å². The number of nitrogens with zero attached hydrogens (tertiary/aromatic N) is 1. The van der Waals surface area contributed by atoms with Crippen molar-refractivity contribution >= 4 is 17.3 Å². The molecule has 1 aromatic heterocycles. The minimum Gasteiger partial charge on any atom is -0.497 e. The lowest BCUT2D eigenvalue weighted by molar-refractivity contribution is 0.0954. The molecule has 0 saturated heterocycles. The van der Waals surface area contributed by atoms with Crippen molar-refractivity contribution in [1.82, 2.24) is 10.3 Å². The Morgan fingerprint density at radius 3 is 2.74 bits per heavy atom. The van der Waals surface area contributed by atoms with E-state index in [0.717, 1.165) is 11.3 Å². The van der Waals surface area contributed by atoms with Crippen LogP contribution < -0.4 is 15.4 Å². The number of hydrogen-bond donors (Lipinski definition) is 2. The second-order valence-electron chi connectivity index (χ2n) is 5.96. The van der Waals surface area contributed by atoms with E-state index < -0.39 is 0 Å². The Labute approximate surface area is 157 Å². The van der Waals surface area contributed by atoms with Crippen LogP contribution in [0.1, 0.15) is 15.9 Å². The van der Waals surface area contributed by atoms with Crippen LogP contribution in [0.2, 0.25) is 0 Å². The average molecular weight is 365 g/mol. The zero-order valence-corrected chi connectivity index (χ0v) is 14.9. The summed E-state index contributed by atoms with van der Waals surface area (Å²) in [7, 11) is 1.62. The van der Waals surface area contributed by atoms with Gasteiger partial charge >= 0.3 is 0 Å². The van der Waals surface area contributed by atoms with Crippen LogP contribution in [-0.4, -0.2) is 24.5 Å². The van der Waals surface area contributed by atoms with Gasteiger partial charge in [0.1, 0.15) is 11.6 Å². The molecule has 2 aromatic carbocycles. The number of ether oxygens (including phenoxy) is 1. The summed E-state index contributed by atoms with van der Waals surface area (Å²) in [4.78, 5) is 16.4. The summed E-state index contributed by atoms with van der Waals surface area (Å²) in [6.45, 7) is 0.494. The second-order valence-corrected chi connectivity index (χ2v) is 5.96. The van der Waals surface area contributed by atoms with Crippen LogP contribution in [0.15, 0.2) is 67.0 Å². The van der Waals surface area contributed by atoms with E-state index in [-0.39, 0.29) is 11.7 Å². The Hall–Kier alpha value is -3.41. The van der Waals surface area contributed by atoms with Gasteiger partial charge in [-0.05, 0) is 48.4 Å². The molecule has 2 N–H and O–H groups in total. The maximum absolute atomic E-state index is 13.3. The first kappa shape index (κ1) is 18.4. The van der Waals surface area contributed by atoms with Gasteiger partial charge in [0, 0.05) is 18.4 Å². The molecule has 6 heteroatoms. The number of rotatable bonds is 7. The van der Waals surface area contributed by atoms with Crippen LogP contribution in [0.25, 0.3) is 0 Å². The SMILES string of the molecule is COc1cccc(CCNC(=O)c2cncc(Nc3cccc(F)c3)c2)c1. The number of carbonyl (C=O) groups is 1. The summed E-state index contributed by atoms with van der Waals surface area (Å²) in [5.41, 5.74) is 2.71. The summed E-state index contributed by atoms with van der Waals surface area (Å²) in [5.74, 6) is 0.242. The van der Waals surface area contributed by atoms with Crippen molar-refractivity contribution < 1.29 is 13.9 Å². The van der Waals surface area contributed by atoms with E-state index in [9.17, 15) is 9.18 Å². The molecule has 0 saturated carbocycles. The summed E-state index contributed by atoms with van der Waals surface area (Å²) in [6.07, 6.45) is 3.77. The van der Waals surface area contributed by atoms with Crippen molar-refractivity contribution in [1.29, 1.82) is 0 Å². The van der Waals surface area contributed by atoms with Crippen LogP contribution in [-0.2, 0) is 6.42 Å².